The van der Waals surface area contributed by atoms with Gasteiger partial charge in [0.05, 0.1) is 0 Å². The van der Waals surface area contributed by atoms with E-state index in [0.29, 0.717) is 12.1 Å². The van der Waals surface area contributed by atoms with Crippen molar-refractivity contribution < 1.29 is 0 Å². The van der Waals surface area contributed by atoms with Gasteiger partial charge in [-0.05, 0) is 36.3 Å². The van der Waals surface area contributed by atoms with Crippen molar-refractivity contribution in [3.8, 4) is 0 Å². The van der Waals surface area contributed by atoms with Gasteiger partial charge in [-0.15, -0.1) is 0 Å². The molecule has 1 aromatic carbocycles. The highest BCUT2D eigenvalue weighted by Gasteiger charge is 2.28. The van der Waals surface area contributed by atoms with Crippen LogP contribution in [0.3, 0.4) is 0 Å². The highest BCUT2D eigenvalue weighted by Crippen LogP contribution is 2.27. The number of rotatable bonds is 3. The van der Waals surface area contributed by atoms with Gasteiger partial charge in [-0.2, -0.15) is 11.8 Å². The zero-order chi connectivity index (χ0) is 13.1. The molecule has 1 N–H and O–H groups in total. The van der Waals surface area contributed by atoms with Gasteiger partial charge in [0.2, 0.25) is 0 Å². The standard InChI is InChI=1S/C16H24N2S/c1-13-9-17-16(15-5-3-2-4-6-15)11-18(13)10-14-7-8-19-12-14/h2-6,13-14,16-17H,7-12H2,1H3. The molecule has 0 radical (unpaired) electrons. The van der Waals surface area contributed by atoms with Gasteiger partial charge in [-0.3, -0.25) is 4.90 Å². The quantitative estimate of drug-likeness (QED) is 0.914. The molecule has 0 bridgehead atoms. The third kappa shape index (κ3) is 3.33. The third-order valence-corrected chi connectivity index (χ3v) is 5.65. The Morgan fingerprint density at radius 1 is 1.32 bits per heavy atom. The maximum atomic E-state index is 3.69. The highest BCUT2D eigenvalue weighted by atomic mass is 32.2. The molecule has 104 valence electrons. The van der Waals surface area contributed by atoms with Gasteiger partial charge in [0.1, 0.15) is 0 Å². The first kappa shape index (κ1) is 13.5. The van der Waals surface area contributed by atoms with Gasteiger partial charge in [-0.1, -0.05) is 30.3 Å². The summed E-state index contributed by atoms with van der Waals surface area (Å²) in [6.07, 6.45) is 1.41. The summed E-state index contributed by atoms with van der Waals surface area (Å²) < 4.78 is 0. The summed E-state index contributed by atoms with van der Waals surface area (Å²) in [6.45, 7) is 5.92. The molecule has 2 saturated heterocycles. The first-order valence-electron chi connectivity index (χ1n) is 7.43. The van der Waals surface area contributed by atoms with Crippen LogP contribution in [0.2, 0.25) is 0 Å². The van der Waals surface area contributed by atoms with Crippen LogP contribution in [0.25, 0.3) is 0 Å². The van der Waals surface area contributed by atoms with Crippen LogP contribution in [-0.4, -0.2) is 42.1 Å². The lowest BCUT2D eigenvalue weighted by atomic mass is 10.00. The fraction of sp³-hybridized carbons (Fsp3) is 0.625. The summed E-state index contributed by atoms with van der Waals surface area (Å²) in [4.78, 5) is 2.70. The van der Waals surface area contributed by atoms with E-state index in [1.165, 1.54) is 30.0 Å². The average Bonchev–Trinajstić information content (AvgIpc) is 2.95. The lowest BCUT2D eigenvalue weighted by Crippen LogP contribution is -2.52. The summed E-state index contributed by atoms with van der Waals surface area (Å²) in [5, 5.41) is 3.69. The largest absolute Gasteiger partial charge is 0.307 e. The van der Waals surface area contributed by atoms with Gasteiger partial charge in [-0.25, -0.2) is 0 Å². The lowest BCUT2D eigenvalue weighted by molar-refractivity contribution is 0.124. The Balaban J connectivity index is 1.63. The minimum Gasteiger partial charge on any atom is -0.307 e. The van der Waals surface area contributed by atoms with Crippen LogP contribution in [0.5, 0.6) is 0 Å². The van der Waals surface area contributed by atoms with Crippen LogP contribution in [0, 0.1) is 5.92 Å². The topological polar surface area (TPSA) is 15.3 Å². The van der Waals surface area contributed by atoms with E-state index in [4.69, 9.17) is 0 Å². The minimum atomic E-state index is 0.506. The second-order valence-corrected chi connectivity index (χ2v) is 7.05. The molecule has 2 nitrogen and oxygen atoms in total. The van der Waals surface area contributed by atoms with Crippen molar-refractivity contribution in [1.29, 1.82) is 0 Å². The second kappa shape index (κ2) is 6.29. The molecule has 2 heterocycles. The van der Waals surface area contributed by atoms with Crippen LogP contribution >= 0.6 is 11.8 Å². The van der Waals surface area contributed by atoms with Crippen LogP contribution in [0.4, 0.5) is 0 Å². The maximum Gasteiger partial charge on any atom is 0.0449 e. The molecule has 3 atom stereocenters. The number of nitrogens with zero attached hydrogens (tertiary/aromatic N) is 1. The molecular formula is C16H24N2S. The van der Waals surface area contributed by atoms with E-state index in [2.05, 4.69) is 59.2 Å². The number of benzene rings is 1. The Bertz CT molecular complexity index is 389. The molecule has 2 aliphatic heterocycles. The number of hydrogen-bond donors (Lipinski definition) is 1. The molecule has 0 amide bonds. The first-order valence-corrected chi connectivity index (χ1v) is 8.58. The van der Waals surface area contributed by atoms with Gasteiger partial charge in [0.25, 0.3) is 0 Å². The molecule has 2 fully saturated rings. The van der Waals surface area contributed by atoms with Crippen LogP contribution in [-0.2, 0) is 0 Å². The van der Waals surface area contributed by atoms with E-state index < -0.39 is 0 Å². The Labute approximate surface area is 121 Å². The minimum absolute atomic E-state index is 0.506. The van der Waals surface area contributed by atoms with Gasteiger partial charge < -0.3 is 5.32 Å². The van der Waals surface area contributed by atoms with E-state index in [1.807, 2.05) is 0 Å². The highest BCUT2D eigenvalue weighted by molar-refractivity contribution is 7.99. The predicted octanol–water partition coefficient (Wildman–Crippen LogP) is 2.77. The van der Waals surface area contributed by atoms with Crippen LogP contribution in [0.1, 0.15) is 24.9 Å². The number of nitrogens with one attached hydrogen (secondary N) is 1. The van der Waals surface area contributed by atoms with Gasteiger partial charge in [0.15, 0.2) is 0 Å². The van der Waals surface area contributed by atoms with Gasteiger partial charge >= 0.3 is 0 Å². The summed E-state index contributed by atoms with van der Waals surface area (Å²) >= 11 is 2.13. The molecule has 2 aliphatic rings. The molecule has 1 aromatic rings. The normalized spacial score (nSPS) is 32.6. The summed E-state index contributed by atoms with van der Waals surface area (Å²) in [7, 11) is 0. The van der Waals surface area contributed by atoms with Crippen LogP contribution in [0.15, 0.2) is 30.3 Å². The molecule has 0 saturated carbocycles. The maximum absolute atomic E-state index is 3.69. The fourth-order valence-corrected chi connectivity index (χ4v) is 4.42. The third-order valence-electron chi connectivity index (χ3n) is 4.42. The molecule has 3 heteroatoms. The molecule has 3 rings (SSSR count). The fourth-order valence-electron chi connectivity index (χ4n) is 3.14. The molecule has 0 aromatic heterocycles. The van der Waals surface area contributed by atoms with Gasteiger partial charge in [0, 0.05) is 31.7 Å². The van der Waals surface area contributed by atoms with Crippen molar-refractivity contribution in [1.82, 2.24) is 10.2 Å². The van der Waals surface area contributed by atoms with E-state index in [0.717, 1.165) is 19.0 Å². The zero-order valence-electron chi connectivity index (χ0n) is 11.7. The number of hydrogen-bond acceptors (Lipinski definition) is 3. The van der Waals surface area contributed by atoms with E-state index in [-0.39, 0.29) is 0 Å². The van der Waals surface area contributed by atoms with Crippen molar-refractivity contribution >= 4 is 11.8 Å². The summed E-state index contributed by atoms with van der Waals surface area (Å²) in [5.74, 6) is 3.65. The van der Waals surface area contributed by atoms with Crippen molar-refractivity contribution in [3.63, 3.8) is 0 Å². The monoisotopic (exact) mass is 276 g/mol. The lowest BCUT2D eigenvalue weighted by Gasteiger charge is -2.40. The van der Waals surface area contributed by atoms with Crippen molar-refractivity contribution in [3.05, 3.63) is 35.9 Å². The molecule has 0 spiro atoms. The first-order chi connectivity index (χ1) is 9.33. The van der Waals surface area contributed by atoms with E-state index >= 15 is 0 Å². The Morgan fingerprint density at radius 3 is 2.89 bits per heavy atom. The number of thioether (sulfide) groups is 1. The predicted molar refractivity (Wildman–Crippen MR) is 83.7 cm³/mol. The summed E-state index contributed by atoms with van der Waals surface area (Å²) in [5.41, 5.74) is 1.43. The van der Waals surface area contributed by atoms with Crippen molar-refractivity contribution in [2.24, 2.45) is 5.92 Å². The smallest absolute Gasteiger partial charge is 0.0449 e. The summed E-state index contributed by atoms with van der Waals surface area (Å²) in [6, 6.07) is 12.1. The number of piperazine rings is 1. The van der Waals surface area contributed by atoms with E-state index in [9.17, 15) is 0 Å². The SMILES string of the molecule is CC1CNC(c2ccccc2)CN1CC1CCSC1. The Morgan fingerprint density at radius 2 is 2.16 bits per heavy atom. The molecule has 0 aliphatic carbocycles. The van der Waals surface area contributed by atoms with E-state index in [1.54, 1.807) is 0 Å². The molecule has 19 heavy (non-hydrogen) atoms. The van der Waals surface area contributed by atoms with Crippen molar-refractivity contribution in [2.75, 3.05) is 31.1 Å². The second-order valence-electron chi connectivity index (χ2n) is 5.90. The average molecular weight is 276 g/mol. The molecule has 3 unspecified atom stereocenters. The molecular weight excluding hydrogens is 252 g/mol. The Hall–Kier alpha value is -0.510. The van der Waals surface area contributed by atoms with Crippen LogP contribution < -0.4 is 5.32 Å². The van der Waals surface area contributed by atoms with Crippen molar-refractivity contribution in [2.45, 2.75) is 25.4 Å². The zero-order valence-corrected chi connectivity index (χ0v) is 12.5. The Kier molecular flexibility index (Phi) is 4.46.